The van der Waals surface area contributed by atoms with Crippen LogP contribution in [0.1, 0.15) is 22.1 Å². The molecule has 1 heterocycles. The van der Waals surface area contributed by atoms with Gasteiger partial charge in [-0.15, -0.1) is 0 Å². The predicted octanol–water partition coefficient (Wildman–Crippen LogP) is 2.82. The monoisotopic (exact) mass is 366 g/mol. The molecule has 140 valence electrons. The Balaban J connectivity index is 1.55. The molecule has 0 saturated heterocycles. The molecular formula is C20H22N4O3. The van der Waals surface area contributed by atoms with Gasteiger partial charge in [0.25, 0.3) is 5.91 Å². The molecule has 3 aromatic rings. The average Bonchev–Trinajstić information content (AvgIpc) is 3.12. The van der Waals surface area contributed by atoms with Crippen molar-refractivity contribution in [1.82, 2.24) is 15.5 Å². The van der Waals surface area contributed by atoms with Crippen molar-refractivity contribution >= 4 is 11.6 Å². The van der Waals surface area contributed by atoms with Crippen molar-refractivity contribution in [1.29, 1.82) is 0 Å². The third kappa shape index (κ3) is 5.07. The summed E-state index contributed by atoms with van der Waals surface area (Å²) in [5.74, 6) is 1.21. The van der Waals surface area contributed by atoms with Gasteiger partial charge in [0.15, 0.2) is 6.61 Å². The zero-order chi connectivity index (χ0) is 19.1. The van der Waals surface area contributed by atoms with Gasteiger partial charge in [0.2, 0.25) is 11.7 Å². The first kappa shape index (κ1) is 18.4. The first-order chi connectivity index (χ1) is 13.1. The van der Waals surface area contributed by atoms with Crippen molar-refractivity contribution in [2.75, 3.05) is 25.0 Å². The van der Waals surface area contributed by atoms with Gasteiger partial charge in [-0.1, -0.05) is 35.5 Å². The molecule has 0 aliphatic rings. The Kier molecular flexibility index (Phi) is 6.04. The van der Waals surface area contributed by atoms with Crippen LogP contribution >= 0.6 is 0 Å². The maximum Gasteiger partial charge on any atom is 0.255 e. The molecule has 1 N–H and O–H groups in total. The minimum atomic E-state index is -0.184. The van der Waals surface area contributed by atoms with E-state index in [1.54, 1.807) is 25.1 Å². The summed E-state index contributed by atoms with van der Waals surface area (Å²) < 4.78 is 10.6. The lowest BCUT2D eigenvalue weighted by Crippen LogP contribution is -2.33. The average molecular weight is 366 g/mol. The number of hydrogen-bond donors (Lipinski definition) is 1. The number of likely N-dealkylation sites (N-methyl/N-ethyl adjacent to an activating group) is 1. The highest BCUT2D eigenvalue weighted by atomic mass is 16.5. The second-order valence-electron chi connectivity index (χ2n) is 6.03. The summed E-state index contributed by atoms with van der Waals surface area (Å²) >= 11 is 0. The maximum atomic E-state index is 12.5. The number of nitrogens with one attached hydrogen (secondary N) is 1. The Hall–Kier alpha value is -3.35. The third-order valence-corrected chi connectivity index (χ3v) is 3.99. The third-order valence-electron chi connectivity index (χ3n) is 3.99. The number of carbonyl (C=O) groups is 1. The van der Waals surface area contributed by atoms with Crippen LogP contribution in [0.5, 0.6) is 5.75 Å². The molecule has 0 fully saturated rings. The number of amides is 1. The summed E-state index contributed by atoms with van der Waals surface area (Å²) in [6.07, 6.45) is 0. The molecule has 0 spiro atoms. The smallest absolute Gasteiger partial charge is 0.255 e. The fourth-order valence-electron chi connectivity index (χ4n) is 2.57. The normalized spacial score (nSPS) is 10.4. The molecule has 1 aromatic heterocycles. The van der Waals surface area contributed by atoms with Gasteiger partial charge < -0.3 is 19.5 Å². The molecule has 0 saturated carbocycles. The van der Waals surface area contributed by atoms with Gasteiger partial charge in [0, 0.05) is 32.7 Å². The van der Waals surface area contributed by atoms with E-state index in [0.29, 0.717) is 36.1 Å². The second-order valence-corrected chi connectivity index (χ2v) is 6.03. The number of para-hydroxylation sites is 2. The van der Waals surface area contributed by atoms with E-state index in [9.17, 15) is 4.79 Å². The maximum absolute atomic E-state index is 12.5. The highest BCUT2D eigenvalue weighted by Crippen LogP contribution is 2.19. The zero-order valence-electron chi connectivity index (χ0n) is 15.4. The van der Waals surface area contributed by atoms with Crippen molar-refractivity contribution in [3.8, 4) is 5.75 Å². The minimum Gasteiger partial charge on any atom is -0.485 e. The van der Waals surface area contributed by atoms with E-state index >= 15 is 0 Å². The Bertz CT molecular complexity index is 880. The Morgan fingerprint density at radius 3 is 2.63 bits per heavy atom. The van der Waals surface area contributed by atoms with E-state index in [1.165, 1.54) is 0 Å². The van der Waals surface area contributed by atoms with Crippen LogP contribution in [0.4, 0.5) is 5.69 Å². The fraction of sp³-hybridized carbons (Fsp3) is 0.250. The second kappa shape index (κ2) is 8.84. The number of rotatable bonds is 8. The highest BCUT2D eigenvalue weighted by molar-refractivity contribution is 5.96. The van der Waals surface area contributed by atoms with Crippen LogP contribution in [0, 0.1) is 6.92 Å². The van der Waals surface area contributed by atoms with E-state index in [2.05, 4.69) is 20.4 Å². The fourth-order valence-corrected chi connectivity index (χ4v) is 2.57. The molecule has 7 heteroatoms. The van der Waals surface area contributed by atoms with E-state index in [-0.39, 0.29) is 12.5 Å². The summed E-state index contributed by atoms with van der Waals surface area (Å²) in [4.78, 5) is 18.7. The van der Waals surface area contributed by atoms with Gasteiger partial charge >= 0.3 is 0 Å². The lowest BCUT2D eigenvalue weighted by atomic mass is 10.2. The number of aryl methyl sites for hydroxylation is 1. The molecule has 0 unspecified atom stereocenters. The number of aromatic nitrogens is 2. The standard InChI is InChI=1S/C20H22N4O3/c1-15-22-19(23-27-15)14-26-18-11-7-6-10-17(18)20(25)21-12-13-24(2)16-8-4-3-5-9-16/h3-11H,12-14H2,1-2H3,(H,21,25). The van der Waals surface area contributed by atoms with Crippen LogP contribution in [0.3, 0.4) is 0 Å². The number of hydrogen-bond acceptors (Lipinski definition) is 6. The molecule has 0 radical (unpaired) electrons. The molecule has 1 amide bonds. The van der Waals surface area contributed by atoms with Crippen molar-refractivity contribution in [3.05, 3.63) is 71.9 Å². The summed E-state index contributed by atoms with van der Waals surface area (Å²) in [6, 6.07) is 17.1. The van der Waals surface area contributed by atoms with Crippen molar-refractivity contribution in [3.63, 3.8) is 0 Å². The highest BCUT2D eigenvalue weighted by Gasteiger charge is 2.13. The summed E-state index contributed by atoms with van der Waals surface area (Å²) in [5, 5.41) is 6.72. The first-order valence-electron chi connectivity index (χ1n) is 8.69. The predicted molar refractivity (Wildman–Crippen MR) is 102 cm³/mol. The van der Waals surface area contributed by atoms with Gasteiger partial charge in [-0.2, -0.15) is 4.98 Å². The Labute approximate surface area is 158 Å². The molecule has 0 bridgehead atoms. The van der Waals surface area contributed by atoms with Gasteiger partial charge in [-0.05, 0) is 24.3 Å². The van der Waals surface area contributed by atoms with E-state index in [1.807, 2.05) is 43.4 Å². The van der Waals surface area contributed by atoms with Crippen molar-refractivity contribution in [2.45, 2.75) is 13.5 Å². The van der Waals surface area contributed by atoms with E-state index in [4.69, 9.17) is 9.26 Å². The summed E-state index contributed by atoms with van der Waals surface area (Å²) in [7, 11) is 1.99. The molecule has 0 atom stereocenters. The quantitative estimate of drug-likeness (QED) is 0.660. The van der Waals surface area contributed by atoms with Crippen LogP contribution in [0.25, 0.3) is 0 Å². The van der Waals surface area contributed by atoms with Gasteiger partial charge in [-0.25, -0.2) is 0 Å². The summed E-state index contributed by atoms with van der Waals surface area (Å²) in [5.41, 5.74) is 1.57. The van der Waals surface area contributed by atoms with E-state index in [0.717, 1.165) is 5.69 Å². The summed E-state index contributed by atoms with van der Waals surface area (Å²) in [6.45, 7) is 3.06. The Morgan fingerprint density at radius 1 is 1.15 bits per heavy atom. The molecule has 0 aliphatic heterocycles. The van der Waals surface area contributed by atoms with E-state index < -0.39 is 0 Å². The van der Waals surface area contributed by atoms with Crippen LogP contribution in [-0.2, 0) is 6.61 Å². The largest absolute Gasteiger partial charge is 0.485 e. The lowest BCUT2D eigenvalue weighted by molar-refractivity contribution is 0.0950. The number of ether oxygens (including phenoxy) is 1. The van der Waals surface area contributed by atoms with Crippen LogP contribution < -0.4 is 15.0 Å². The molecule has 7 nitrogen and oxygen atoms in total. The number of benzene rings is 2. The minimum absolute atomic E-state index is 0.137. The number of nitrogens with zero attached hydrogens (tertiary/aromatic N) is 3. The SMILES string of the molecule is Cc1nc(COc2ccccc2C(=O)NCCN(C)c2ccccc2)no1. The van der Waals surface area contributed by atoms with Gasteiger partial charge in [0.05, 0.1) is 5.56 Å². The first-order valence-corrected chi connectivity index (χ1v) is 8.69. The zero-order valence-corrected chi connectivity index (χ0v) is 15.4. The topological polar surface area (TPSA) is 80.5 Å². The van der Waals surface area contributed by atoms with Crippen molar-refractivity contribution in [2.24, 2.45) is 0 Å². The number of carbonyl (C=O) groups excluding carboxylic acids is 1. The van der Waals surface area contributed by atoms with Gasteiger partial charge in [-0.3, -0.25) is 4.79 Å². The van der Waals surface area contributed by atoms with Crippen LogP contribution in [0.15, 0.2) is 59.1 Å². The van der Waals surface area contributed by atoms with Crippen LogP contribution in [-0.4, -0.2) is 36.2 Å². The molecule has 3 rings (SSSR count). The van der Waals surface area contributed by atoms with Crippen molar-refractivity contribution < 1.29 is 14.1 Å². The molecule has 2 aromatic carbocycles. The molecule has 0 aliphatic carbocycles. The Morgan fingerprint density at radius 2 is 1.89 bits per heavy atom. The molecular weight excluding hydrogens is 344 g/mol. The lowest BCUT2D eigenvalue weighted by Gasteiger charge is -2.19. The molecule has 27 heavy (non-hydrogen) atoms. The van der Waals surface area contributed by atoms with Gasteiger partial charge in [0.1, 0.15) is 5.75 Å². The number of anilines is 1. The van der Waals surface area contributed by atoms with Crippen LogP contribution in [0.2, 0.25) is 0 Å².